The van der Waals surface area contributed by atoms with E-state index in [1.54, 1.807) is 19.2 Å². The number of nitrogens with zero attached hydrogens (tertiary/aromatic N) is 3. The van der Waals surface area contributed by atoms with Crippen molar-refractivity contribution in [2.75, 3.05) is 6.54 Å². The number of amides is 2. The van der Waals surface area contributed by atoms with E-state index in [9.17, 15) is 14.7 Å². The molecule has 0 aromatic carbocycles. The van der Waals surface area contributed by atoms with E-state index in [0.29, 0.717) is 25.1 Å². The quantitative estimate of drug-likeness (QED) is 0.834. The second-order valence-electron chi connectivity index (χ2n) is 4.69. The molecule has 2 N–H and O–H groups in total. The van der Waals surface area contributed by atoms with Gasteiger partial charge in [0.1, 0.15) is 11.9 Å². The van der Waals surface area contributed by atoms with Gasteiger partial charge in [-0.05, 0) is 25.8 Å². The minimum absolute atomic E-state index is 0.257. The average molecular weight is 264 g/mol. The molecule has 1 aromatic rings. The number of carbonyl (C=O) groups is 2. The third-order valence-electron chi connectivity index (χ3n) is 3.41. The fourth-order valence-corrected chi connectivity index (χ4v) is 2.20. The Balaban J connectivity index is 1.98. The number of carboxylic acids is 1. The van der Waals surface area contributed by atoms with Gasteiger partial charge in [-0.1, -0.05) is 0 Å². The Labute approximate surface area is 110 Å². The first-order valence-electron chi connectivity index (χ1n) is 6.08. The molecule has 1 saturated heterocycles. The first kappa shape index (κ1) is 13.3. The summed E-state index contributed by atoms with van der Waals surface area (Å²) in [7, 11) is 0. The van der Waals surface area contributed by atoms with Crippen molar-refractivity contribution in [2.24, 2.45) is 0 Å². The van der Waals surface area contributed by atoms with Crippen LogP contribution in [0.25, 0.3) is 0 Å². The number of hydrogen-bond donors (Lipinski definition) is 2. The normalized spacial score (nSPS) is 22.3. The van der Waals surface area contributed by atoms with E-state index in [1.165, 1.54) is 11.2 Å². The molecule has 2 amide bonds. The van der Waals surface area contributed by atoms with E-state index in [1.807, 2.05) is 0 Å². The van der Waals surface area contributed by atoms with Crippen molar-refractivity contribution in [1.29, 1.82) is 0 Å². The molecular formula is C12H16N4O3. The molecule has 0 aliphatic carbocycles. The number of urea groups is 1. The molecule has 7 nitrogen and oxygen atoms in total. The Hall–Kier alpha value is -2.18. The van der Waals surface area contributed by atoms with Gasteiger partial charge in [-0.15, -0.1) is 0 Å². The molecule has 1 fully saturated rings. The number of aromatic nitrogens is 2. The predicted octanol–water partition coefficient (Wildman–Crippen LogP) is 0.625. The standard InChI is InChI=1S/C12H16N4O3/c1-12(10(17)18)4-2-6-16(12)11(19)14-7-9-3-5-13-8-15-9/h3,5,8H,2,4,6-7H2,1H3,(H,14,19)(H,17,18). The number of carbonyl (C=O) groups excluding carboxylic acids is 1. The summed E-state index contributed by atoms with van der Waals surface area (Å²) in [6.45, 7) is 2.29. The van der Waals surface area contributed by atoms with E-state index in [2.05, 4.69) is 15.3 Å². The van der Waals surface area contributed by atoms with Crippen LogP contribution in [-0.4, -0.2) is 44.1 Å². The van der Waals surface area contributed by atoms with E-state index >= 15 is 0 Å². The van der Waals surface area contributed by atoms with Crippen LogP contribution in [0.5, 0.6) is 0 Å². The molecule has 0 saturated carbocycles. The number of carboxylic acid groups (broad SMARTS) is 1. The van der Waals surface area contributed by atoms with E-state index in [4.69, 9.17) is 0 Å². The van der Waals surface area contributed by atoms with E-state index in [-0.39, 0.29) is 12.6 Å². The molecule has 1 aromatic heterocycles. The Kier molecular flexibility index (Phi) is 3.64. The van der Waals surface area contributed by atoms with Crippen molar-refractivity contribution >= 4 is 12.0 Å². The van der Waals surface area contributed by atoms with Gasteiger partial charge in [0, 0.05) is 12.7 Å². The molecule has 102 valence electrons. The zero-order valence-electron chi connectivity index (χ0n) is 10.7. The fraction of sp³-hybridized carbons (Fsp3) is 0.500. The topological polar surface area (TPSA) is 95.4 Å². The lowest BCUT2D eigenvalue weighted by atomic mass is 10.00. The zero-order valence-corrected chi connectivity index (χ0v) is 10.7. The highest BCUT2D eigenvalue weighted by molar-refractivity contribution is 5.86. The Morgan fingerprint density at radius 2 is 2.37 bits per heavy atom. The van der Waals surface area contributed by atoms with Gasteiger partial charge in [0.05, 0.1) is 12.2 Å². The van der Waals surface area contributed by atoms with Gasteiger partial charge in [0.15, 0.2) is 0 Å². The van der Waals surface area contributed by atoms with Crippen LogP contribution in [-0.2, 0) is 11.3 Å². The van der Waals surface area contributed by atoms with E-state index < -0.39 is 11.5 Å². The van der Waals surface area contributed by atoms with Crippen LogP contribution in [0.4, 0.5) is 4.79 Å². The van der Waals surface area contributed by atoms with Crippen LogP contribution >= 0.6 is 0 Å². The SMILES string of the molecule is CC1(C(=O)O)CCCN1C(=O)NCc1ccncn1. The van der Waals surface area contributed by atoms with Crippen molar-refractivity contribution in [3.8, 4) is 0 Å². The molecule has 0 bridgehead atoms. The van der Waals surface area contributed by atoms with Gasteiger partial charge < -0.3 is 15.3 Å². The van der Waals surface area contributed by atoms with Crippen LogP contribution in [0.2, 0.25) is 0 Å². The third kappa shape index (κ3) is 2.64. The average Bonchev–Trinajstić information content (AvgIpc) is 2.81. The first-order chi connectivity index (χ1) is 9.04. The molecule has 2 heterocycles. The molecule has 0 radical (unpaired) electrons. The van der Waals surface area contributed by atoms with Gasteiger partial charge in [0.2, 0.25) is 0 Å². The summed E-state index contributed by atoms with van der Waals surface area (Å²) in [6, 6.07) is 1.32. The van der Waals surface area contributed by atoms with Crippen LogP contribution in [0.1, 0.15) is 25.5 Å². The number of likely N-dealkylation sites (tertiary alicyclic amines) is 1. The molecule has 7 heteroatoms. The van der Waals surface area contributed by atoms with Gasteiger partial charge in [-0.3, -0.25) is 0 Å². The van der Waals surface area contributed by atoms with E-state index in [0.717, 1.165) is 0 Å². The maximum absolute atomic E-state index is 12.0. The fourth-order valence-electron chi connectivity index (χ4n) is 2.20. The van der Waals surface area contributed by atoms with Crippen LogP contribution in [0.3, 0.4) is 0 Å². The van der Waals surface area contributed by atoms with Gasteiger partial charge >= 0.3 is 12.0 Å². The van der Waals surface area contributed by atoms with Crippen molar-refractivity contribution < 1.29 is 14.7 Å². The monoisotopic (exact) mass is 264 g/mol. The third-order valence-corrected chi connectivity index (χ3v) is 3.41. The maximum Gasteiger partial charge on any atom is 0.329 e. The Morgan fingerprint density at radius 3 is 3.00 bits per heavy atom. The lowest BCUT2D eigenvalue weighted by Crippen LogP contribution is -2.53. The van der Waals surface area contributed by atoms with Gasteiger partial charge in [-0.25, -0.2) is 19.6 Å². The van der Waals surface area contributed by atoms with Crippen molar-refractivity contribution in [3.05, 3.63) is 24.3 Å². The molecule has 1 atom stereocenters. The lowest BCUT2D eigenvalue weighted by Gasteiger charge is -2.31. The summed E-state index contributed by atoms with van der Waals surface area (Å²) in [4.78, 5) is 32.5. The summed E-state index contributed by atoms with van der Waals surface area (Å²) < 4.78 is 0. The minimum atomic E-state index is -1.12. The molecule has 19 heavy (non-hydrogen) atoms. The first-order valence-corrected chi connectivity index (χ1v) is 6.08. The number of hydrogen-bond acceptors (Lipinski definition) is 4. The minimum Gasteiger partial charge on any atom is -0.480 e. The van der Waals surface area contributed by atoms with Crippen LogP contribution in [0, 0.1) is 0 Å². The number of nitrogens with one attached hydrogen (secondary N) is 1. The summed E-state index contributed by atoms with van der Waals surface area (Å²) in [6.07, 6.45) is 4.16. The molecule has 1 aliphatic heterocycles. The van der Waals surface area contributed by atoms with Crippen molar-refractivity contribution in [2.45, 2.75) is 31.8 Å². The van der Waals surface area contributed by atoms with Crippen LogP contribution < -0.4 is 5.32 Å². The van der Waals surface area contributed by atoms with Gasteiger partial charge in [-0.2, -0.15) is 0 Å². The maximum atomic E-state index is 12.0. The highest BCUT2D eigenvalue weighted by atomic mass is 16.4. The molecule has 1 unspecified atom stereocenters. The summed E-state index contributed by atoms with van der Waals surface area (Å²) in [5, 5.41) is 11.9. The summed E-state index contributed by atoms with van der Waals surface area (Å²) in [5.74, 6) is -0.970. The summed E-state index contributed by atoms with van der Waals surface area (Å²) in [5.41, 5.74) is -0.435. The Bertz CT molecular complexity index is 479. The highest BCUT2D eigenvalue weighted by Gasteiger charge is 2.45. The molecular weight excluding hydrogens is 248 g/mol. The van der Waals surface area contributed by atoms with Gasteiger partial charge in [0.25, 0.3) is 0 Å². The number of aliphatic carboxylic acids is 1. The molecule has 1 aliphatic rings. The molecule has 0 spiro atoms. The lowest BCUT2D eigenvalue weighted by molar-refractivity contribution is -0.147. The zero-order chi connectivity index (χ0) is 13.9. The van der Waals surface area contributed by atoms with Crippen molar-refractivity contribution in [1.82, 2.24) is 20.2 Å². The summed E-state index contributed by atoms with van der Waals surface area (Å²) >= 11 is 0. The largest absolute Gasteiger partial charge is 0.480 e. The Morgan fingerprint density at radius 1 is 1.58 bits per heavy atom. The van der Waals surface area contributed by atoms with Crippen LogP contribution in [0.15, 0.2) is 18.6 Å². The highest BCUT2D eigenvalue weighted by Crippen LogP contribution is 2.29. The second-order valence-corrected chi connectivity index (χ2v) is 4.69. The molecule has 2 rings (SSSR count). The number of rotatable bonds is 3. The second kappa shape index (κ2) is 5.21. The van der Waals surface area contributed by atoms with Crippen molar-refractivity contribution in [3.63, 3.8) is 0 Å². The smallest absolute Gasteiger partial charge is 0.329 e. The predicted molar refractivity (Wildman–Crippen MR) is 66.2 cm³/mol.